The van der Waals surface area contributed by atoms with E-state index in [1.807, 2.05) is 0 Å². The van der Waals surface area contributed by atoms with E-state index in [9.17, 15) is 0 Å². The van der Waals surface area contributed by atoms with Crippen LogP contribution in [0.4, 0.5) is 0 Å². The summed E-state index contributed by atoms with van der Waals surface area (Å²) in [5.41, 5.74) is 0. The zero-order chi connectivity index (χ0) is 3.58. The van der Waals surface area contributed by atoms with Gasteiger partial charge >= 0.3 is 10.6 Å². The van der Waals surface area contributed by atoms with Crippen molar-refractivity contribution in [3.8, 4) is 0 Å². The van der Waals surface area contributed by atoms with Crippen LogP contribution in [0.2, 0.25) is 0 Å². The molecular weight excluding hydrogens is 281 g/mol. The van der Waals surface area contributed by atoms with E-state index < -0.39 is 10.6 Å². The van der Waals surface area contributed by atoms with Crippen LogP contribution in [0.15, 0.2) is 0 Å². The van der Waals surface area contributed by atoms with Crippen LogP contribution in [0.5, 0.6) is 0 Å². The largest absolute Gasteiger partial charge is 0.425 e. The van der Waals surface area contributed by atoms with Crippen LogP contribution >= 0.6 is 0 Å². The molecule has 0 heterocycles. The first-order chi connectivity index (χ1) is 1.73. The Balaban J connectivity index is 0. The Morgan fingerprint density at radius 2 is 1.00 bits per heavy atom. The molecule has 0 amide bonds. The third-order valence-electron chi connectivity index (χ3n) is 0. The fourth-order valence-corrected chi connectivity index (χ4v) is 0. The van der Waals surface area contributed by atoms with Gasteiger partial charge in [-0.15, -0.1) is 12.6 Å². The summed E-state index contributed by atoms with van der Waals surface area (Å²) in [7, 11) is -3.11. The Morgan fingerprint density at radius 1 is 1.00 bits per heavy atom. The molecule has 5 heteroatoms. The van der Waals surface area contributed by atoms with E-state index in [4.69, 9.17) is 12.6 Å². The summed E-state index contributed by atoms with van der Waals surface area (Å²) < 4.78 is 25.3. The summed E-state index contributed by atoms with van der Waals surface area (Å²) in [4.78, 5) is 0. The van der Waals surface area contributed by atoms with Crippen LogP contribution in [0.1, 0.15) is 0 Å². The molecule has 5 heavy (non-hydrogen) atoms. The fourth-order valence-electron chi connectivity index (χ4n) is 0. The maximum atomic E-state index is 8.44. The van der Waals surface area contributed by atoms with Gasteiger partial charge in [-0.1, -0.05) is 0 Å². The van der Waals surface area contributed by atoms with Crippen molar-refractivity contribution in [3.63, 3.8) is 0 Å². The summed E-state index contributed by atoms with van der Waals surface area (Å²) in [5.74, 6) is 0. The molecule has 0 atom stereocenters. The SMILES string of the molecule is O=S(=O)=O.[Hg]. The van der Waals surface area contributed by atoms with Crippen LogP contribution < -0.4 is 0 Å². The van der Waals surface area contributed by atoms with E-state index >= 15 is 0 Å². The van der Waals surface area contributed by atoms with Crippen molar-refractivity contribution in [1.82, 2.24) is 0 Å². The summed E-state index contributed by atoms with van der Waals surface area (Å²) in [5, 5.41) is 0. The quantitative estimate of drug-likeness (QED) is 0.535. The predicted molar refractivity (Wildman–Crippen MR) is 9.70 cm³/mol. The van der Waals surface area contributed by atoms with Gasteiger partial charge in [0.2, 0.25) is 0 Å². The van der Waals surface area contributed by atoms with Gasteiger partial charge < -0.3 is 0 Å². The second-order valence-corrected chi connectivity index (χ2v) is 0.612. The molecule has 3 nitrogen and oxygen atoms in total. The van der Waals surface area contributed by atoms with Crippen molar-refractivity contribution in [2.75, 3.05) is 0 Å². The predicted octanol–water partition coefficient (Wildman–Crippen LogP) is -1.01. The average Bonchev–Trinajstić information content (AvgIpc) is 0.811. The molecule has 26 valence electrons. The van der Waals surface area contributed by atoms with Gasteiger partial charge in [0.25, 0.3) is 0 Å². The zero-order valence-corrected chi connectivity index (χ0v) is 8.65. The monoisotopic (exact) mass is 282 g/mol. The number of rotatable bonds is 0. The van der Waals surface area contributed by atoms with E-state index in [2.05, 4.69) is 0 Å². The second kappa shape index (κ2) is 4.56. The minimum absolute atomic E-state index is 0. The first kappa shape index (κ1) is 9.12. The molecule has 0 saturated carbocycles. The number of hydrogen-bond acceptors (Lipinski definition) is 3. The van der Waals surface area contributed by atoms with Gasteiger partial charge in [0, 0.05) is 27.7 Å². The van der Waals surface area contributed by atoms with Gasteiger partial charge in [-0.25, -0.2) is 0 Å². The summed E-state index contributed by atoms with van der Waals surface area (Å²) >= 11 is 0. The molecule has 0 rings (SSSR count). The van der Waals surface area contributed by atoms with Gasteiger partial charge in [0.15, 0.2) is 0 Å². The average molecular weight is 281 g/mol. The molecule has 0 aromatic carbocycles. The summed E-state index contributed by atoms with van der Waals surface area (Å²) in [6.07, 6.45) is 0. The molecule has 0 N–H and O–H groups in total. The molecule has 0 saturated heterocycles. The Kier molecular flexibility index (Phi) is 8.31. The minimum Gasteiger partial charge on any atom is -0.142 e. The normalized spacial score (nSPS) is 4.80. The topological polar surface area (TPSA) is 51.2 Å². The standard InChI is InChI=1S/Hg.O3S/c;1-4(2)3. The Labute approximate surface area is 50.9 Å². The molecule has 0 aromatic rings. The van der Waals surface area contributed by atoms with Gasteiger partial charge in [-0.3, -0.25) is 0 Å². The van der Waals surface area contributed by atoms with Crippen molar-refractivity contribution in [1.29, 1.82) is 0 Å². The molecule has 0 fully saturated rings. The van der Waals surface area contributed by atoms with Crippen LogP contribution in [-0.2, 0) is 38.3 Å². The molecule has 0 aliphatic rings. The maximum absolute atomic E-state index is 8.44. The molecule has 0 unspecified atom stereocenters. The van der Waals surface area contributed by atoms with Crippen LogP contribution in [0.3, 0.4) is 0 Å². The fraction of sp³-hybridized carbons (Fsp3) is 0. The van der Waals surface area contributed by atoms with Gasteiger partial charge in [-0.05, 0) is 0 Å². The van der Waals surface area contributed by atoms with Crippen LogP contribution in [0.25, 0.3) is 0 Å². The van der Waals surface area contributed by atoms with Gasteiger partial charge in [0.05, 0.1) is 0 Å². The molecule has 0 aromatic heterocycles. The van der Waals surface area contributed by atoms with E-state index in [0.717, 1.165) is 0 Å². The Bertz CT molecular complexity index is 76.3. The first-order valence-corrected chi connectivity index (χ1v) is 1.50. The second-order valence-electron chi connectivity index (χ2n) is 0.204. The van der Waals surface area contributed by atoms with E-state index in [1.54, 1.807) is 0 Å². The minimum atomic E-state index is -3.11. The molecule has 0 radical (unpaired) electrons. The zero-order valence-electron chi connectivity index (χ0n) is 2.34. The maximum Gasteiger partial charge on any atom is 0.425 e. The summed E-state index contributed by atoms with van der Waals surface area (Å²) in [6.45, 7) is 0. The smallest absolute Gasteiger partial charge is 0.142 e. The molecule has 0 aliphatic heterocycles. The van der Waals surface area contributed by atoms with Crippen molar-refractivity contribution in [3.05, 3.63) is 0 Å². The van der Waals surface area contributed by atoms with E-state index in [-0.39, 0.29) is 27.7 Å². The van der Waals surface area contributed by atoms with E-state index in [0.29, 0.717) is 0 Å². The number of hydrogen-bond donors (Lipinski definition) is 0. The summed E-state index contributed by atoms with van der Waals surface area (Å²) in [6, 6.07) is 0. The van der Waals surface area contributed by atoms with Crippen molar-refractivity contribution in [2.24, 2.45) is 0 Å². The molecule has 0 spiro atoms. The molecule has 0 bridgehead atoms. The third kappa shape index (κ3) is 96.5. The first-order valence-electron chi connectivity index (χ1n) is 0.500. The third-order valence-corrected chi connectivity index (χ3v) is 0. The van der Waals surface area contributed by atoms with Gasteiger partial charge in [-0.2, -0.15) is 0 Å². The molecular formula is HgO3S. The Hall–Kier alpha value is 0.555. The van der Waals surface area contributed by atoms with Crippen LogP contribution in [-0.4, -0.2) is 12.6 Å². The Morgan fingerprint density at radius 3 is 1.00 bits per heavy atom. The van der Waals surface area contributed by atoms with Crippen LogP contribution in [0, 0.1) is 0 Å². The van der Waals surface area contributed by atoms with Crippen molar-refractivity contribution < 1.29 is 40.3 Å². The van der Waals surface area contributed by atoms with Gasteiger partial charge in [0.1, 0.15) is 0 Å². The van der Waals surface area contributed by atoms with Crippen molar-refractivity contribution >= 4 is 10.6 Å². The molecule has 0 aliphatic carbocycles. The van der Waals surface area contributed by atoms with E-state index in [1.165, 1.54) is 0 Å². The van der Waals surface area contributed by atoms with Crippen molar-refractivity contribution in [2.45, 2.75) is 0 Å².